The number of benzene rings is 2. The molecule has 3 nitrogen and oxygen atoms in total. The van der Waals surface area contributed by atoms with Crippen molar-refractivity contribution in [3.63, 3.8) is 0 Å². The molecule has 4 rings (SSSR count). The maximum atomic E-state index is 5.36. The molecule has 1 atom stereocenters. The summed E-state index contributed by atoms with van der Waals surface area (Å²) in [7, 11) is 1.70. The molecule has 0 saturated carbocycles. The second kappa shape index (κ2) is 4.81. The summed E-state index contributed by atoms with van der Waals surface area (Å²) in [6.45, 7) is 2.12. The SMILES string of the molecule is COc1ccc2nc3n(c2c1)C(c1ccc(C)cc1)SC3. The van der Waals surface area contributed by atoms with E-state index in [-0.39, 0.29) is 0 Å². The molecule has 1 unspecified atom stereocenters. The zero-order valence-electron chi connectivity index (χ0n) is 12.0. The lowest BCUT2D eigenvalue weighted by molar-refractivity contribution is 0.415. The molecular formula is C17H16N2OS. The van der Waals surface area contributed by atoms with Crippen LogP contribution in [0.15, 0.2) is 42.5 Å². The van der Waals surface area contributed by atoms with Gasteiger partial charge in [0.25, 0.3) is 0 Å². The van der Waals surface area contributed by atoms with Crippen LogP contribution in [0.25, 0.3) is 11.0 Å². The van der Waals surface area contributed by atoms with Gasteiger partial charge in [-0.25, -0.2) is 4.98 Å². The van der Waals surface area contributed by atoms with Crippen molar-refractivity contribution in [3.8, 4) is 5.75 Å². The number of nitrogens with zero attached hydrogens (tertiary/aromatic N) is 2. The number of aryl methyl sites for hydroxylation is 1. The summed E-state index contributed by atoms with van der Waals surface area (Å²) < 4.78 is 7.70. The van der Waals surface area contributed by atoms with Crippen molar-refractivity contribution in [3.05, 3.63) is 59.4 Å². The van der Waals surface area contributed by atoms with Crippen molar-refractivity contribution in [2.24, 2.45) is 0 Å². The Labute approximate surface area is 127 Å². The van der Waals surface area contributed by atoms with Crippen LogP contribution in [0.5, 0.6) is 5.75 Å². The first-order chi connectivity index (χ1) is 10.3. The molecule has 106 valence electrons. The third kappa shape index (κ3) is 2.02. The molecule has 0 spiro atoms. The van der Waals surface area contributed by atoms with E-state index in [1.165, 1.54) is 11.1 Å². The average molecular weight is 296 g/mol. The van der Waals surface area contributed by atoms with E-state index >= 15 is 0 Å². The number of aromatic nitrogens is 2. The largest absolute Gasteiger partial charge is 0.497 e. The molecule has 0 amide bonds. The van der Waals surface area contributed by atoms with Gasteiger partial charge in [-0.1, -0.05) is 29.8 Å². The first-order valence-corrected chi connectivity index (χ1v) is 8.04. The van der Waals surface area contributed by atoms with Crippen molar-refractivity contribution >= 4 is 22.8 Å². The highest BCUT2D eigenvalue weighted by Gasteiger charge is 2.27. The van der Waals surface area contributed by atoms with Gasteiger partial charge in [0, 0.05) is 6.07 Å². The molecule has 21 heavy (non-hydrogen) atoms. The number of thioether (sulfide) groups is 1. The molecule has 0 bridgehead atoms. The Morgan fingerprint density at radius 2 is 2.00 bits per heavy atom. The van der Waals surface area contributed by atoms with Gasteiger partial charge in [0.05, 0.1) is 23.9 Å². The molecule has 2 heterocycles. The Morgan fingerprint density at radius 3 is 2.76 bits per heavy atom. The summed E-state index contributed by atoms with van der Waals surface area (Å²) in [5, 5.41) is 0.303. The molecule has 4 heteroatoms. The van der Waals surface area contributed by atoms with Crippen LogP contribution in [0.1, 0.15) is 22.3 Å². The van der Waals surface area contributed by atoms with Gasteiger partial charge in [-0.05, 0) is 24.6 Å². The maximum absolute atomic E-state index is 5.36. The molecule has 1 aliphatic heterocycles. The number of imidazole rings is 1. The third-order valence-electron chi connectivity index (χ3n) is 3.94. The standard InChI is InChI=1S/C17H16N2OS/c1-11-3-5-12(6-4-11)17-19-15-9-13(20-2)7-8-14(15)18-16(19)10-21-17/h3-9,17H,10H2,1-2H3. The molecule has 2 aromatic carbocycles. The van der Waals surface area contributed by atoms with Crippen molar-refractivity contribution in [1.29, 1.82) is 0 Å². The van der Waals surface area contributed by atoms with Crippen LogP contribution in [-0.2, 0) is 5.75 Å². The fourth-order valence-electron chi connectivity index (χ4n) is 2.82. The summed E-state index contributed by atoms with van der Waals surface area (Å²) in [4.78, 5) is 4.75. The van der Waals surface area contributed by atoms with E-state index in [0.29, 0.717) is 5.37 Å². The second-order valence-corrected chi connectivity index (χ2v) is 6.40. The van der Waals surface area contributed by atoms with Gasteiger partial charge in [-0.2, -0.15) is 0 Å². The Kier molecular flexibility index (Phi) is 2.93. The summed E-state index contributed by atoms with van der Waals surface area (Å²) >= 11 is 1.92. The molecule has 0 saturated heterocycles. The molecular weight excluding hydrogens is 280 g/mol. The van der Waals surface area contributed by atoms with Crippen molar-refractivity contribution in [2.75, 3.05) is 7.11 Å². The van der Waals surface area contributed by atoms with E-state index in [0.717, 1.165) is 28.4 Å². The molecule has 0 N–H and O–H groups in total. The minimum atomic E-state index is 0.303. The number of rotatable bonds is 2. The maximum Gasteiger partial charge on any atom is 0.121 e. The normalized spacial score (nSPS) is 17.1. The van der Waals surface area contributed by atoms with E-state index in [4.69, 9.17) is 9.72 Å². The number of fused-ring (bicyclic) bond motifs is 3. The fourth-order valence-corrected chi connectivity index (χ4v) is 4.06. The smallest absolute Gasteiger partial charge is 0.121 e. The van der Waals surface area contributed by atoms with Crippen molar-refractivity contribution in [2.45, 2.75) is 18.1 Å². The van der Waals surface area contributed by atoms with Crippen LogP contribution in [-0.4, -0.2) is 16.7 Å². The molecule has 1 aliphatic rings. The van der Waals surface area contributed by atoms with E-state index in [9.17, 15) is 0 Å². The number of hydrogen-bond donors (Lipinski definition) is 0. The van der Waals surface area contributed by atoms with Crippen molar-refractivity contribution in [1.82, 2.24) is 9.55 Å². The predicted molar refractivity (Wildman–Crippen MR) is 86.9 cm³/mol. The average Bonchev–Trinajstić information content (AvgIpc) is 3.06. The van der Waals surface area contributed by atoms with Crippen LogP contribution in [0, 0.1) is 6.92 Å². The van der Waals surface area contributed by atoms with Gasteiger partial charge in [0.15, 0.2) is 0 Å². The first-order valence-electron chi connectivity index (χ1n) is 6.99. The quantitative estimate of drug-likeness (QED) is 0.711. The zero-order valence-corrected chi connectivity index (χ0v) is 12.9. The first kappa shape index (κ1) is 12.8. The predicted octanol–water partition coefficient (Wildman–Crippen LogP) is 4.15. The Morgan fingerprint density at radius 1 is 1.19 bits per heavy atom. The van der Waals surface area contributed by atoms with Crippen LogP contribution < -0.4 is 4.74 Å². The van der Waals surface area contributed by atoms with E-state index in [1.54, 1.807) is 7.11 Å². The second-order valence-electron chi connectivity index (χ2n) is 5.33. The molecule has 0 fully saturated rings. The number of hydrogen-bond acceptors (Lipinski definition) is 3. The topological polar surface area (TPSA) is 27.1 Å². The van der Waals surface area contributed by atoms with Crippen LogP contribution >= 0.6 is 11.8 Å². The van der Waals surface area contributed by atoms with Gasteiger partial charge in [-0.15, -0.1) is 11.8 Å². The minimum absolute atomic E-state index is 0.303. The summed E-state index contributed by atoms with van der Waals surface area (Å²) in [6, 6.07) is 14.9. The van der Waals surface area contributed by atoms with Gasteiger partial charge in [0.2, 0.25) is 0 Å². The Hall–Kier alpha value is -1.94. The zero-order chi connectivity index (χ0) is 14.4. The summed E-state index contributed by atoms with van der Waals surface area (Å²) in [6.07, 6.45) is 0. The number of methoxy groups -OCH3 is 1. The summed E-state index contributed by atoms with van der Waals surface area (Å²) in [5.74, 6) is 2.98. The molecule has 3 aromatic rings. The van der Waals surface area contributed by atoms with Gasteiger partial charge in [-0.3, -0.25) is 0 Å². The Balaban J connectivity index is 1.87. The highest BCUT2D eigenvalue weighted by atomic mass is 32.2. The number of ether oxygens (including phenoxy) is 1. The monoisotopic (exact) mass is 296 g/mol. The minimum Gasteiger partial charge on any atom is -0.497 e. The highest BCUT2D eigenvalue weighted by molar-refractivity contribution is 7.99. The van der Waals surface area contributed by atoms with Gasteiger partial charge >= 0.3 is 0 Å². The van der Waals surface area contributed by atoms with E-state index in [1.807, 2.05) is 23.9 Å². The van der Waals surface area contributed by atoms with Gasteiger partial charge in [0.1, 0.15) is 16.9 Å². The van der Waals surface area contributed by atoms with Crippen LogP contribution in [0.2, 0.25) is 0 Å². The van der Waals surface area contributed by atoms with Crippen LogP contribution in [0.4, 0.5) is 0 Å². The molecule has 0 radical (unpaired) electrons. The Bertz CT molecular complexity index is 808. The summed E-state index contributed by atoms with van der Waals surface area (Å²) in [5.41, 5.74) is 4.81. The van der Waals surface area contributed by atoms with Crippen LogP contribution in [0.3, 0.4) is 0 Å². The fraction of sp³-hybridized carbons (Fsp3) is 0.235. The lowest BCUT2D eigenvalue weighted by Gasteiger charge is -2.14. The lowest BCUT2D eigenvalue weighted by Crippen LogP contribution is -2.03. The third-order valence-corrected chi connectivity index (χ3v) is 5.16. The van der Waals surface area contributed by atoms with Gasteiger partial charge < -0.3 is 9.30 Å². The highest BCUT2D eigenvalue weighted by Crippen LogP contribution is 2.43. The van der Waals surface area contributed by atoms with Crippen molar-refractivity contribution < 1.29 is 4.74 Å². The van der Waals surface area contributed by atoms with E-state index < -0.39 is 0 Å². The molecule has 0 aliphatic carbocycles. The molecule has 1 aromatic heterocycles. The van der Waals surface area contributed by atoms with E-state index in [2.05, 4.69) is 41.8 Å². The lowest BCUT2D eigenvalue weighted by atomic mass is 10.1.